The van der Waals surface area contributed by atoms with Crippen molar-refractivity contribution in [3.63, 3.8) is 0 Å². The normalized spacial score (nSPS) is 11.4. The van der Waals surface area contributed by atoms with Gasteiger partial charge in [0.1, 0.15) is 34.0 Å². The smallest absolute Gasteiger partial charge is 0.275 e. The zero-order valence-electron chi connectivity index (χ0n) is 17.6. The highest BCUT2D eigenvalue weighted by Crippen LogP contribution is 2.18. The van der Waals surface area contributed by atoms with Gasteiger partial charge in [-0.3, -0.25) is 14.9 Å². The lowest BCUT2D eigenvalue weighted by atomic mass is 10.1. The molecule has 3 aromatic heterocycles. The number of fused-ring (bicyclic) bond motifs is 1. The fourth-order valence-corrected chi connectivity index (χ4v) is 4.20. The van der Waals surface area contributed by atoms with Gasteiger partial charge in [0.05, 0.1) is 5.69 Å². The van der Waals surface area contributed by atoms with Crippen molar-refractivity contribution in [2.24, 2.45) is 0 Å². The number of hydrogen-bond donors (Lipinski definition) is 1. The molecule has 3 heterocycles. The van der Waals surface area contributed by atoms with E-state index in [9.17, 15) is 14.9 Å². The number of carbonyl (C=O) groups is 1. The Morgan fingerprint density at radius 3 is 2.73 bits per heavy atom. The SMILES string of the molecule is CCc1nn2c(=O)cc(COc3ccc(/C=C(/C#N)C(=O)Nc4nnc(C)s4)cc3)nc2s1. The van der Waals surface area contributed by atoms with E-state index in [1.165, 1.54) is 39.3 Å². The number of rotatable bonds is 7. The molecular formula is C21H17N7O3S2. The number of carbonyl (C=O) groups excluding carboxylic acids is 1. The van der Waals surface area contributed by atoms with E-state index in [-0.39, 0.29) is 17.7 Å². The summed E-state index contributed by atoms with van der Waals surface area (Å²) in [6.07, 6.45) is 2.20. The van der Waals surface area contributed by atoms with Crippen molar-refractivity contribution in [2.75, 3.05) is 5.32 Å². The molecule has 166 valence electrons. The van der Waals surface area contributed by atoms with Crippen LogP contribution in [-0.4, -0.2) is 30.7 Å². The van der Waals surface area contributed by atoms with Gasteiger partial charge in [-0.2, -0.15) is 14.9 Å². The standard InChI is InChI=1S/C21H17N7O3S2/c1-3-17-27-28-18(29)9-15(23-21(28)33-17)11-31-16-6-4-13(5-7-16)8-14(10-22)19(30)24-20-26-25-12(2)32-20/h4-9H,3,11H2,1-2H3,(H,24,26,30)/b14-8-. The van der Waals surface area contributed by atoms with Crippen LogP contribution in [0.2, 0.25) is 0 Å². The molecule has 0 aliphatic carbocycles. The molecule has 1 N–H and O–H groups in total. The van der Waals surface area contributed by atoms with Gasteiger partial charge in [0.25, 0.3) is 11.5 Å². The van der Waals surface area contributed by atoms with Crippen molar-refractivity contribution in [3.05, 3.63) is 67.5 Å². The Morgan fingerprint density at radius 2 is 2.06 bits per heavy atom. The lowest BCUT2D eigenvalue weighted by molar-refractivity contribution is -0.112. The molecule has 0 aliphatic rings. The molecule has 4 rings (SSSR count). The highest BCUT2D eigenvalue weighted by Gasteiger charge is 2.12. The van der Waals surface area contributed by atoms with Crippen LogP contribution in [0.3, 0.4) is 0 Å². The minimum Gasteiger partial charge on any atom is -0.487 e. The molecule has 1 amide bonds. The Labute approximate surface area is 195 Å². The Balaban J connectivity index is 1.42. The van der Waals surface area contributed by atoms with Crippen LogP contribution >= 0.6 is 22.7 Å². The van der Waals surface area contributed by atoms with Crippen molar-refractivity contribution in [2.45, 2.75) is 26.9 Å². The average molecular weight is 480 g/mol. The third-order valence-corrected chi connectivity index (χ3v) is 6.14. The van der Waals surface area contributed by atoms with Gasteiger partial charge in [0.2, 0.25) is 10.1 Å². The number of ether oxygens (including phenoxy) is 1. The van der Waals surface area contributed by atoms with Gasteiger partial charge in [0, 0.05) is 6.07 Å². The maximum absolute atomic E-state index is 12.3. The van der Waals surface area contributed by atoms with Crippen LogP contribution in [0.5, 0.6) is 5.75 Å². The summed E-state index contributed by atoms with van der Waals surface area (Å²) in [4.78, 5) is 29.5. The summed E-state index contributed by atoms with van der Waals surface area (Å²) >= 11 is 2.60. The minimum absolute atomic E-state index is 0.0643. The van der Waals surface area contributed by atoms with Gasteiger partial charge < -0.3 is 4.74 Å². The van der Waals surface area contributed by atoms with Crippen molar-refractivity contribution in [1.29, 1.82) is 5.26 Å². The number of benzene rings is 1. The monoisotopic (exact) mass is 479 g/mol. The first kappa shape index (κ1) is 22.3. The third-order valence-electron chi connectivity index (χ3n) is 4.33. The summed E-state index contributed by atoms with van der Waals surface area (Å²) in [7, 11) is 0. The summed E-state index contributed by atoms with van der Waals surface area (Å²) in [5.74, 6) is -0.00368. The van der Waals surface area contributed by atoms with Gasteiger partial charge in [-0.1, -0.05) is 41.7 Å². The van der Waals surface area contributed by atoms with E-state index in [1.54, 1.807) is 31.2 Å². The van der Waals surface area contributed by atoms with E-state index < -0.39 is 5.91 Å². The van der Waals surface area contributed by atoms with E-state index in [4.69, 9.17) is 4.74 Å². The van der Waals surface area contributed by atoms with Crippen LogP contribution in [-0.2, 0) is 17.8 Å². The second-order valence-corrected chi connectivity index (χ2v) is 8.96. The molecule has 33 heavy (non-hydrogen) atoms. The van der Waals surface area contributed by atoms with Crippen molar-refractivity contribution < 1.29 is 9.53 Å². The number of anilines is 1. The van der Waals surface area contributed by atoms with Crippen LogP contribution in [0.15, 0.2) is 40.7 Å². The van der Waals surface area contributed by atoms with Gasteiger partial charge in [-0.25, -0.2) is 4.98 Å². The zero-order chi connectivity index (χ0) is 23.4. The number of aromatic nitrogens is 5. The maximum Gasteiger partial charge on any atom is 0.275 e. The third kappa shape index (κ3) is 5.28. The molecule has 0 radical (unpaired) electrons. The van der Waals surface area contributed by atoms with Crippen LogP contribution in [0.25, 0.3) is 11.0 Å². The van der Waals surface area contributed by atoms with E-state index in [2.05, 4.69) is 25.6 Å². The van der Waals surface area contributed by atoms with Gasteiger partial charge >= 0.3 is 0 Å². The maximum atomic E-state index is 12.3. The number of nitrogens with zero attached hydrogens (tertiary/aromatic N) is 6. The minimum atomic E-state index is -0.559. The predicted molar refractivity (Wildman–Crippen MR) is 124 cm³/mol. The largest absolute Gasteiger partial charge is 0.487 e. The molecular weight excluding hydrogens is 462 g/mol. The number of nitrogens with one attached hydrogen (secondary N) is 1. The Hall–Kier alpha value is -3.95. The average Bonchev–Trinajstić information content (AvgIpc) is 3.42. The van der Waals surface area contributed by atoms with Crippen LogP contribution in [0.1, 0.15) is 28.2 Å². The molecule has 0 fully saturated rings. The fraction of sp³-hybridized carbons (Fsp3) is 0.190. The molecule has 0 aliphatic heterocycles. The Kier molecular flexibility index (Phi) is 6.53. The number of nitriles is 1. The van der Waals surface area contributed by atoms with Crippen LogP contribution < -0.4 is 15.6 Å². The number of hydrogen-bond acceptors (Lipinski definition) is 10. The summed E-state index contributed by atoms with van der Waals surface area (Å²) in [5.41, 5.74) is 0.842. The second kappa shape index (κ2) is 9.68. The summed E-state index contributed by atoms with van der Waals surface area (Å²) < 4.78 is 7.03. The molecule has 0 saturated carbocycles. The molecule has 0 spiro atoms. The quantitative estimate of drug-likeness (QED) is 0.316. The topological polar surface area (TPSA) is 135 Å². The van der Waals surface area contributed by atoms with Crippen molar-refractivity contribution in [3.8, 4) is 11.8 Å². The Bertz CT molecular complexity index is 1450. The molecule has 0 atom stereocenters. The van der Waals surface area contributed by atoms with Gasteiger partial charge in [-0.05, 0) is 37.1 Å². The first-order valence-corrected chi connectivity index (χ1v) is 11.4. The lowest BCUT2D eigenvalue weighted by Gasteiger charge is -2.06. The summed E-state index contributed by atoms with van der Waals surface area (Å²) in [5, 5.41) is 25.7. The number of amides is 1. The highest BCUT2D eigenvalue weighted by molar-refractivity contribution is 7.16. The lowest BCUT2D eigenvalue weighted by Crippen LogP contribution is -2.16. The van der Waals surface area contributed by atoms with E-state index >= 15 is 0 Å². The van der Waals surface area contributed by atoms with E-state index in [0.29, 0.717) is 32.1 Å². The van der Waals surface area contributed by atoms with Gasteiger partial charge in [-0.15, -0.1) is 10.2 Å². The molecule has 1 aromatic carbocycles. The second-order valence-electron chi connectivity index (χ2n) is 6.74. The molecule has 10 nitrogen and oxygen atoms in total. The molecule has 4 aromatic rings. The van der Waals surface area contributed by atoms with Gasteiger partial charge in [0.15, 0.2) is 0 Å². The predicted octanol–water partition coefficient (Wildman–Crippen LogP) is 3.00. The Morgan fingerprint density at radius 1 is 1.27 bits per heavy atom. The molecule has 0 saturated heterocycles. The number of aryl methyl sites for hydroxylation is 2. The summed E-state index contributed by atoms with van der Waals surface area (Å²) in [6, 6.07) is 10.2. The van der Waals surface area contributed by atoms with E-state index in [0.717, 1.165) is 11.4 Å². The van der Waals surface area contributed by atoms with E-state index in [1.807, 2.05) is 13.0 Å². The fourth-order valence-electron chi connectivity index (χ4n) is 2.76. The van der Waals surface area contributed by atoms with Crippen molar-refractivity contribution >= 4 is 44.7 Å². The highest BCUT2D eigenvalue weighted by atomic mass is 32.1. The van der Waals surface area contributed by atoms with Crippen LogP contribution in [0, 0.1) is 18.3 Å². The molecule has 0 bridgehead atoms. The first-order chi connectivity index (χ1) is 15.9. The summed E-state index contributed by atoms with van der Waals surface area (Å²) in [6.45, 7) is 3.86. The molecule has 12 heteroatoms. The van der Waals surface area contributed by atoms with Crippen LogP contribution in [0.4, 0.5) is 5.13 Å². The van der Waals surface area contributed by atoms with Crippen molar-refractivity contribution in [1.82, 2.24) is 24.8 Å². The first-order valence-electron chi connectivity index (χ1n) is 9.80. The molecule has 0 unspecified atom stereocenters. The zero-order valence-corrected chi connectivity index (χ0v) is 19.2.